The molecule has 3 aromatic rings. The van der Waals surface area contributed by atoms with Crippen molar-refractivity contribution in [3.05, 3.63) is 77.5 Å². The fourth-order valence-electron chi connectivity index (χ4n) is 2.46. The number of nitrogens with zero attached hydrogens (tertiary/aromatic N) is 2. The Bertz CT molecular complexity index is 958. The second-order valence-electron chi connectivity index (χ2n) is 5.67. The average Bonchev–Trinajstić information content (AvgIpc) is 2.70. The minimum absolute atomic E-state index is 0.0412. The van der Waals surface area contributed by atoms with Crippen LogP contribution in [0.1, 0.15) is 16.7 Å². The molecule has 0 aliphatic heterocycles. The molecule has 7 nitrogen and oxygen atoms in total. The van der Waals surface area contributed by atoms with E-state index in [0.29, 0.717) is 22.6 Å². The lowest BCUT2D eigenvalue weighted by Crippen LogP contribution is -2.02. The molecular weight excluding hydrogens is 342 g/mol. The van der Waals surface area contributed by atoms with E-state index in [2.05, 4.69) is 20.8 Å². The van der Waals surface area contributed by atoms with Crippen LogP contribution in [-0.4, -0.2) is 27.6 Å². The molecule has 1 aromatic heterocycles. The Balaban J connectivity index is 1.79. The number of nitrogens with one attached hydrogen (secondary N) is 3. The summed E-state index contributed by atoms with van der Waals surface area (Å²) in [5, 5.41) is 33.9. The van der Waals surface area contributed by atoms with E-state index in [1.54, 1.807) is 30.6 Å². The number of aliphatic hydroxyl groups is 1. The van der Waals surface area contributed by atoms with Gasteiger partial charge in [0, 0.05) is 23.7 Å². The maximum absolute atomic E-state index is 9.60. The topological polar surface area (TPSA) is 114 Å². The largest absolute Gasteiger partial charge is 0.508 e. The molecule has 27 heavy (non-hydrogen) atoms. The van der Waals surface area contributed by atoms with Crippen LogP contribution >= 0.6 is 0 Å². The van der Waals surface area contributed by atoms with E-state index >= 15 is 0 Å². The zero-order valence-corrected chi connectivity index (χ0v) is 14.4. The van der Waals surface area contributed by atoms with E-state index in [1.165, 1.54) is 12.3 Å². The molecule has 2 aromatic carbocycles. The van der Waals surface area contributed by atoms with Crippen LogP contribution in [0.4, 0.5) is 17.2 Å². The van der Waals surface area contributed by atoms with Crippen LogP contribution in [0.5, 0.6) is 5.75 Å². The van der Waals surface area contributed by atoms with Crippen molar-refractivity contribution in [2.24, 2.45) is 5.10 Å². The Morgan fingerprint density at radius 1 is 1.11 bits per heavy atom. The first-order chi connectivity index (χ1) is 13.2. The number of benzene rings is 2. The van der Waals surface area contributed by atoms with Crippen molar-refractivity contribution in [2.75, 3.05) is 10.7 Å². The summed E-state index contributed by atoms with van der Waals surface area (Å²) in [7, 11) is 0. The van der Waals surface area contributed by atoms with Crippen LogP contribution in [0.25, 0.3) is 0 Å². The number of rotatable bonds is 7. The highest BCUT2D eigenvalue weighted by Crippen LogP contribution is 2.23. The number of phenols is 1. The Morgan fingerprint density at radius 3 is 2.67 bits per heavy atom. The van der Waals surface area contributed by atoms with E-state index in [1.807, 2.05) is 30.3 Å². The number of hydrogen-bond donors (Lipinski definition) is 5. The molecule has 0 spiro atoms. The summed E-state index contributed by atoms with van der Waals surface area (Å²) in [5.74, 6) is 0.586. The number of hydrazone groups is 1. The van der Waals surface area contributed by atoms with Gasteiger partial charge in [-0.2, -0.15) is 5.10 Å². The summed E-state index contributed by atoms with van der Waals surface area (Å²) in [5.41, 5.74) is 6.11. The third-order valence-corrected chi connectivity index (χ3v) is 3.84. The molecule has 0 atom stereocenters. The van der Waals surface area contributed by atoms with Gasteiger partial charge in [0.25, 0.3) is 0 Å². The van der Waals surface area contributed by atoms with Gasteiger partial charge in [0.05, 0.1) is 24.1 Å². The van der Waals surface area contributed by atoms with Gasteiger partial charge in [0.15, 0.2) is 0 Å². The van der Waals surface area contributed by atoms with E-state index in [-0.39, 0.29) is 12.4 Å². The van der Waals surface area contributed by atoms with Gasteiger partial charge in [-0.1, -0.05) is 18.2 Å². The van der Waals surface area contributed by atoms with Gasteiger partial charge in [-0.15, -0.1) is 0 Å². The summed E-state index contributed by atoms with van der Waals surface area (Å²) in [6, 6.07) is 16.1. The van der Waals surface area contributed by atoms with Gasteiger partial charge in [0.1, 0.15) is 11.6 Å². The molecule has 0 unspecified atom stereocenters. The summed E-state index contributed by atoms with van der Waals surface area (Å²) in [6.45, 7) is -0.252. The number of aromatic hydroxyl groups is 1. The lowest BCUT2D eigenvalue weighted by Gasteiger charge is -2.11. The Morgan fingerprint density at radius 2 is 1.93 bits per heavy atom. The van der Waals surface area contributed by atoms with Crippen LogP contribution in [0.2, 0.25) is 0 Å². The maximum atomic E-state index is 9.60. The van der Waals surface area contributed by atoms with Crippen molar-refractivity contribution in [3.63, 3.8) is 0 Å². The number of hydrogen-bond acceptors (Lipinski definition) is 7. The van der Waals surface area contributed by atoms with Crippen molar-refractivity contribution in [2.45, 2.75) is 6.61 Å². The van der Waals surface area contributed by atoms with Crippen molar-refractivity contribution in [1.29, 1.82) is 5.41 Å². The predicted molar refractivity (Wildman–Crippen MR) is 107 cm³/mol. The Labute approximate surface area is 156 Å². The molecule has 0 radical (unpaired) electrons. The first kappa shape index (κ1) is 18.1. The molecule has 0 amide bonds. The maximum Gasteiger partial charge on any atom is 0.141 e. The molecule has 0 saturated heterocycles. The molecule has 0 saturated carbocycles. The molecule has 7 heteroatoms. The lowest BCUT2D eigenvalue weighted by molar-refractivity contribution is 0.275. The number of aliphatic hydroxyl groups excluding tert-OH is 1. The van der Waals surface area contributed by atoms with Crippen molar-refractivity contribution >= 4 is 29.6 Å². The Hall–Kier alpha value is -3.71. The standard InChI is InChI=1S/C20H19N5O2/c21-11-17-18(8-9-22-20(17)24-16-4-2-1-3-5-16)25-23-12-14-6-7-19(27)15(10-14)13-26/h1-12,21,26-27H,13H2,(H2,22,24,25)/b21-11?,23-12+. The molecule has 136 valence electrons. The van der Waals surface area contributed by atoms with E-state index in [4.69, 9.17) is 5.41 Å². The van der Waals surface area contributed by atoms with Crippen LogP contribution < -0.4 is 10.7 Å². The monoisotopic (exact) mass is 361 g/mol. The second-order valence-corrected chi connectivity index (χ2v) is 5.67. The van der Waals surface area contributed by atoms with Gasteiger partial charge >= 0.3 is 0 Å². The first-order valence-corrected chi connectivity index (χ1v) is 8.24. The Kier molecular flexibility index (Phi) is 5.76. The van der Waals surface area contributed by atoms with Crippen LogP contribution in [-0.2, 0) is 6.61 Å². The fourth-order valence-corrected chi connectivity index (χ4v) is 2.46. The minimum atomic E-state index is -0.252. The van der Waals surface area contributed by atoms with Crippen molar-refractivity contribution in [3.8, 4) is 5.75 Å². The third kappa shape index (κ3) is 4.47. The van der Waals surface area contributed by atoms with Gasteiger partial charge < -0.3 is 20.9 Å². The average molecular weight is 361 g/mol. The molecular formula is C20H19N5O2. The van der Waals surface area contributed by atoms with Crippen LogP contribution in [0.3, 0.4) is 0 Å². The summed E-state index contributed by atoms with van der Waals surface area (Å²) in [4.78, 5) is 4.29. The van der Waals surface area contributed by atoms with Crippen LogP contribution in [0.15, 0.2) is 65.9 Å². The first-order valence-electron chi connectivity index (χ1n) is 8.24. The number of pyridine rings is 1. The van der Waals surface area contributed by atoms with Crippen molar-refractivity contribution < 1.29 is 10.2 Å². The number of para-hydroxylation sites is 1. The van der Waals surface area contributed by atoms with E-state index in [0.717, 1.165) is 11.3 Å². The molecule has 0 aliphatic carbocycles. The molecule has 3 rings (SSSR count). The minimum Gasteiger partial charge on any atom is -0.508 e. The lowest BCUT2D eigenvalue weighted by atomic mass is 10.1. The number of anilines is 3. The molecule has 0 aliphatic rings. The normalized spacial score (nSPS) is 10.7. The van der Waals surface area contributed by atoms with Gasteiger partial charge in [0.2, 0.25) is 0 Å². The summed E-state index contributed by atoms with van der Waals surface area (Å²) >= 11 is 0. The highest BCUT2D eigenvalue weighted by atomic mass is 16.3. The molecule has 0 bridgehead atoms. The third-order valence-electron chi connectivity index (χ3n) is 3.84. The van der Waals surface area contributed by atoms with Crippen LogP contribution in [0, 0.1) is 5.41 Å². The summed E-state index contributed by atoms with van der Waals surface area (Å²) < 4.78 is 0. The zero-order chi connectivity index (χ0) is 19.1. The SMILES string of the molecule is N=Cc1c(N/N=C/c2ccc(O)c(CO)c2)ccnc1Nc1ccccc1. The highest BCUT2D eigenvalue weighted by Gasteiger charge is 2.08. The van der Waals surface area contributed by atoms with Crippen molar-refractivity contribution in [1.82, 2.24) is 4.98 Å². The zero-order valence-electron chi connectivity index (χ0n) is 14.4. The van der Waals surface area contributed by atoms with E-state index in [9.17, 15) is 10.2 Å². The smallest absolute Gasteiger partial charge is 0.141 e. The van der Waals surface area contributed by atoms with Gasteiger partial charge in [-0.05, 0) is 42.0 Å². The highest BCUT2D eigenvalue weighted by molar-refractivity contribution is 5.93. The second kappa shape index (κ2) is 8.59. The molecule has 1 heterocycles. The molecule has 0 fully saturated rings. The summed E-state index contributed by atoms with van der Waals surface area (Å²) in [6.07, 6.45) is 4.40. The quantitative estimate of drug-likeness (QED) is 0.327. The fraction of sp³-hybridized carbons (Fsp3) is 0.0500. The molecule has 5 N–H and O–H groups in total. The van der Waals surface area contributed by atoms with E-state index < -0.39 is 0 Å². The predicted octanol–water partition coefficient (Wildman–Crippen LogP) is 3.47. The number of aromatic nitrogens is 1. The van der Waals surface area contributed by atoms with Gasteiger partial charge in [-0.25, -0.2) is 4.98 Å². The van der Waals surface area contributed by atoms with Gasteiger partial charge in [-0.3, -0.25) is 5.43 Å².